The monoisotopic (exact) mass is 347 g/mol. The van der Waals surface area contributed by atoms with E-state index in [-0.39, 0.29) is 21.1 Å². The zero-order valence-electron chi connectivity index (χ0n) is 11.3. The van der Waals surface area contributed by atoms with Crippen LogP contribution in [0.5, 0.6) is 0 Å². The summed E-state index contributed by atoms with van der Waals surface area (Å²) in [4.78, 5) is 0. The van der Waals surface area contributed by atoms with Gasteiger partial charge in [0, 0.05) is 25.6 Å². The first-order valence-corrected chi connectivity index (χ1v) is 7.57. The smallest absolute Gasteiger partial charge is 0.119 e. The maximum atomic E-state index is 11.3. The van der Waals surface area contributed by atoms with Crippen molar-refractivity contribution in [3.63, 3.8) is 0 Å². The molecule has 0 aliphatic rings. The van der Waals surface area contributed by atoms with Crippen molar-refractivity contribution in [2.45, 2.75) is 59.3 Å². The van der Waals surface area contributed by atoms with Crippen molar-refractivity contribution in [1.29, 1.82) is 0 Å². The van der Waals surface area contributed by atoms with E-state index in [2.05, 4.69) is 20.8 Å². The summed E-state index contributed by atoms with van der Waals surface area (Å²) in [7, 11) is -1.90. The van der Waals surface area contributed by atoms with Crippen molar-refractivity contribution in [3.8, 4) is 0 Å². The Bertz CT molecular complexity index is 179. The minimum absolute atomic E-state index is 0. The molecule has 0 aliphatic heterocycles. The van der Waals surface area contributed by atoms with Gasteiger partial charge in [-0.2, -0.15) is 0 Å². The number of rotatable bonds is 11. The van der Waals surface area contributed by atoms with E-state index in [0.29, 0.717) is 19.1 Å². The van der Waals surface area contributed by atoms with Gasteiger partial charge in [0.05, 0.1) is 0 Å². The van der Waals surface area contributed by atoms with Gasteiger partial charge < -0.3 is 0 Å². The quantitative estimate of drug-likeness (QED) is 0.310. The summed E-state index contributed by atoms with van der Waals surface area (Å²) in [5.41, 5.74) is 0. The van der Waals surface area contributed by atoms with Gasteiger partial charge in [-0.25, -0.2) is 0 Å². The zero-order valence-corrected chi connectivity index (χ0v) is 14.2. The van der Waals surface area contributed by atoms with Crippen LogP contribution in [0.4, 0.5) is 0 Å². The van der Waals surface area contributed by atoms with Crippen molar-refractivity contribution in [3.05, 3.63) is 0 Å². The average molecular weight is 345 g/mol. The van der Waals surface area contributed by atoms with Crippen molar-refractivity contribution >= 4 is 8.25 Å². The standard InChI is InChI=1S/C12H26O3P.Mo/c1-4-7-9-12(6-3)11-15-16(13)14-10-8-5-2;/h12H,4-11H2,1-3H3;/q+1;. The zero-order chi connectivity index (χ0) is 12.2. The van der Waals surface area contributed by atoms with Crippen LogP contribution in [0.2, 0.25) is 0 Å². The summed E-state index contributed by atoms with van der Waals surface area (Å²) >= 11 is 0. The van der Waals surface area contributed by atoms with Crippen LogP contribution in [0, 0.1) is 5.92 Å². The molecule has 0 N–H and O–H groups in total. The summed E-state index contributed by atoms with van der Waals surface area (Å²) in [6, 6.07) is 0. The van der Waals surface area contributed by atoms with E-state index >= 15 is 0 Å². The molecule has 0 aromatic carbocycles. The van der Waals surface area contributed by atoms with Crippen LogP contribution in [0.1, 0.15) is 59.3 Å². The second-order valence-corrected chi connectivity index (χ2v) is 5.09. The van der Waals surface area contributed by atoms with Crippen LogP contribution >= 0.6 is 8.25 Å². The predicted molar refractivity (Wildman–Crippen MR) is 67.7 cm³/mol. The van der Waals surface area contributed by atoms with Crippen LogP contribution < -0.4 is 0 Å². The average Bonchev–Trinajstić information content (AvgIpc) is 2.30. The fraction of sp³-hybridized carbons (Fsp3) is 1.00. The summed E-state index contributed by atoms with van der Waals surface area (Å²) < 4.78 is 21.6. The first-order valence-electron chi connectivity index (χ1n) is 6.47. The fourth-order valence-electron chi connectivity index (χ4n) is 1.39. The Morgan fingerprint density at radius 2 is 1.71 bits per heavy atom. The molecule has 0 fully saturated rings. The maximum Gasteiger partial charge on any atom is 0.697 e. The van der Waals surface area contributed by atoms with Crippen LogP contribution in [-0.2, 0) is 34.7 Å². The third-order valence-corrected chi connectivity index (χ3v) is 3.41. The van der Waals surface area contributed by atoms with Crippen LogP contribution in [0.3, 0.4) is 0 Å². The van der Waals surface area contributed by atoms with Gasteiger partial charge in [-0.3, -0.25) is 0 Å². The summed E-state index contributed by atoms with van der Waals surface area (Å²) in [5.74, 6) is 0.522. The molecule has 3 nitrogen and oxygen atoms in total. The molecular formula is C12H26MoO3P+. The second-order valence-electron chi connectivity index (χ2n) is 4.12. The Labute approximate surface area is 121 Å². The predicted octanol–water partition coefficient (Wildman–Crippen LogP) is 4.69. The van der Waals surface area contributed by atoms with E-state index < -0.39 is 8.25 Å². The molecule has 0 radical (unpaired) electrons. The minimum Gasteiger partial charge on any atom is -0.119 e. The van der Waals surface area contributed by atoms with Crippen molar-refractivity contribution in [1.82, 2.24) is 0 Å². The number of hydrogen-bond donors (Lipinski definition) is 0. The van der Waals surface area contributed by atoms with Gasteiger partial charge in [0.1, 0.15) is 13.2 Å². The van der Waals surface area contributed by atoms with Crippen LogP contribution in [0.15, 0.2) is 0 Å². The van der Waals surface area contributed by atoms with Gasteiger partial charge >= 0.3 is 8.25 Å². The summed E-state index contributed by atoms with van der Waals surface area (Å²) in [5, 5.41) is 0. The molecule has 0 aliphatic carbocycles. The third kappa shape index (κ3) is 12.9. The molecule has 5 heteroatoms. The van der Waals surface area contributed by atoms with Gasteiger partial charge in [-0.15, -0.1) is 9.05 Å². The van der Waals surface area contributed by atoms with Crippen molar-refractivity contribution in [2.75, 3.05) is 13.2 Å². The van der Waals surface area contributed by atoms with E-state index in [4.69, 9.17) is 9.05 Å². The van der Waals surface area contributed by atoms with Gasteiger partial charge in [-0.1, -0.05) is 46.5 Å². The molecule has 0 rings (SSSR count). The molecule has 2 atom stereocenters. The van der Waals surface area contributed by atoms with E-state index in [9.17, 15) is 4.57 Å². The fourth-order valence-corrected chi connectivity index (χ4v) is 2.07. The molecule has 0 aromatic heterocycles. The van der Waals surface area contributed by atoms with Crippen LogP contribution in [0.25, 0.3) is 0 Å². The molecule has 0 saturated heterocycles. The maximum absolute atomic E-state index is 11.3. The first kappa shape index (κ1) is 20.0. The normalized spacial score (nSPS) is 13.0. The van der Waals surface area contributed by atoms with Crippen LogP contribution in [-0.4, -0.2) is 13.2 Å². The molecule has 0 spiro atoms. The van der Waals surface area contributed by atoms with Crippen molar-refractivity contribution in [2.24, 2.45) is 5.92 Å². The topological polar surface area (TPSA) is 35.5 Å². The Kier molecular flexibility index (Phi) is 17.4. The van der Waals surface area contributed by atoms with Crippen molar-refractivity contribution < 1.29 is 34.7 Å². The molecule has 2 unspecified atom stereocenters. The number of hydrogen-bond acceptors (Lipinski definition) is 3. The molecule has 102 valence electrons. The van der Waals surface area contributed by atoms with E-state index in [1.54, 1.807) is 0 Å². The minimum atomic E-state index is -1.90. The summed E-state index contributed by atoms with van der Waals surface area (Å²) in [6.07, 6.45) is 6.66. The molecule has 0 saturated carbocycles. The molecule has 17 heavy (non-hydrogen) atoms. The largest absolute Gasteiger partial charge is 0.697 e. The molecule has 0 aromatic rings. The Balaban J connectivity index is 0. The van der Waals surface area contributed by atoms with Gasteiger partial charge in [0.15, 0.2) is 0 Å². The molecular weight excluding hydrogens is 319 g/mol. The van der Waals surface area contributed by atoms with Gasteiger partial charge in [0.25, 0.3) is 0 Å². The van der Waals surface area contributed by atoms with E-state index in [1.165, 1.54) is 12.8 Å². The van der Waals surface area contributed by atoms with Gasteiger partial charge in [0.2, 0.25) is 0 Å². The first-order chi connectivity index (χ1) is 7.74. The Morgan fingerprint density at radius 3 is 2.24 bits per heavy atom. The Morgan fingerprint density at radius 1 is 1.06 bits per heavy atom. The second kappa shape index (κ2) is 14.8. The van der Waals surface area contributed by atoms with E-state index in [0.717, 1.165) is 25.7 Å². The third-order valence-electron chi connectivity index (χ3n) is 2.65. The van der Waals surface area contributed by atoms with E-state index in [1.807, 2.05) is 0 Å². The molecule has 0 amide bonds. The molecule has 0 heterocycles. The SMILES string of the molecule is CCCCO[P+](=O)OCC(CC)CCCC.[Mo]. The van der Waals surface area contributed by atoms with Gasteiger partial charge in [-0.05, 0) is 18.8 Å². The molecule has 0 bridgehead atoms. The number of unbranched alkanes of at least 4 members (excludes halogenated alkanes) is 2. The Hall–Kier alpha value is 0.708. The summed E-state index contributed by atoms with van der Waals surface area (Å²) in [6.45, 7) is 7.51.